The molecule has 0 saturated carbocycles. The number of benzene rings is 2. The molecule has 0 aliphatic carbocycles. The maximum Gasteiger partial charge on any atom is 0.150 e. The van der Waals surface area contributed by atoms with E-state index in [1.807, 2.05) is 0 Å². The zero-order chi connectivity index (χ0) is 23.7. The molecular weight excluding hydrogens is 402 g/mol. The molecule has 33 heavy (non-hydrogen) atoms. The number of nitriles is 1. The summed E-state index contributed by atoms with van der Waals surface area (Å²) < 4.78 is 0. The van der Waals surface area contributed by atoms with Crippen molar-refractivity contribution in [1.82, 2.24) is 0 Å². The molecule has 0 aromatic heterocycles. The summed E-state index contributed by atoms with van der Waals surface area (Å²) in [4.78, 5) is 11.9. The second-order valence-corrected chi connectivity index (χ2v) is 9.39. The van der Waals surface area contributed by atoms with E-state index in [4.69, 9.17) is 5.26 Å². The summed E-state index contributed by atoms with van der Waals surface area (Å²) in [5, 5.41) is 8.99. The lowest BCUT2D eigenvalue weighted by atomic mass is 9.89. The van der Waals surface area contributed by atoms with Crippen LogP contribution in [0.15, 0.2) is 36.4 Å². The minimum absolute atomic E-state index is 0.443. The molecular formula is C31H43NO. The van der Waals surface area contributed by atoms with Crippen LogP contribution in [0.25, 0.3) is 11.1 Å². The highest BCUT2D eigenvalue weighted by Gasteiger charge is 2.12. The summed E-state index contributed by atoms with van der Waals surface area (Å²) in [6.07, 6.45) is 18.7. The van der Waals surface area contributed by atoms with Crippen LogP contribution in [0.5, 0.6) is 0 Å². The van der Waals surface area contributed by atoms with Crippen LogP contribution in [-0.2, 0) is 19.3 Å². The van der Waals surface area contributed by atoms with Gasteiger partial charge in [0.1, 0.15) is 6.29 Å². The maximum atomic E-state index is 11.9. The first-order chi connectivity index (χ1) is 16.2. The predicted octanol–water partition coefficient (Wildman–Crippen LogP) is 9.04. The summed E-state index contributed by atoms with van der Waals surface area (Å²) in [5.74, 6) is 0. The number of unbranched alkanes of at least 4 members (excludes halogenated alkanes) is 10. The lowest BCUT2D eigenvalue weighted by molar-refractivity contribution is 0.112. The predicted molar refractivity (Wildman–Crippen MR) is 141 cm³/mol. The van der Waals surface area contributed by atoms with Gasteiger partial charge in [0, 0.05) is 5.56 Å². The minimum Gasteiger partial charge on any atom is -0.298 e. The van der Waals surface area contributed by atoms with Gasteiger partial charge < -0.3 is 0 Å². The van der Waals surface area contributed by atoms with Crippen LogP contribution in [0.1, 0.15) is 118 Å². The Kier molecular flexibility index (Phi) is 13.2. The molecule has 0 saturated heterocycles. The number of aryl methyl sites for hydroxylation is 2. The fourth-order valence-electron chi connectivity index (χ4n) is 4.60. The number of hydrogen-bond acceptors (Lipinski definition) is 2. The van der Waals surface area contributed by atoms with E-state index in [-0.39, 0.29) is 0 Å². The summed E-state index contributed by atoms with van der Waals surface area (Å²) >= 11 is 0. The second-order valence-electron chi connectivity index (χ2n) is 9.39. The lowest BCUT2D eigenvalue weighted by Gasteiger charge is -2.15. The van der Waals surface area contributed by atoms with Crippen molar-refractivity contribution in [3.05, 3.63) is 58.7 Å². The summed E-state index contributed by atoms with van der Waals surface area (Å²) in [6, 6.07) is 15.1. The van der Waals surface area contributed by atoms with Crippen LogP contribution >= 0.6 is 0 Å². The fourth-order valence-corrected chi connectivity index (χ4v) is 4.60. The molecule has 0 unspecified atom stereocenters. The maximum absolute atomic E-state index is 11.9. The summed E-state index contributed by atoms with van der Waals surface area (Å²) in [5.41, 5.74) is 6.85. The molecule has 2 rings (SSSR count). The van der Waals surface area contributed by atoms with E-state index in [0.29, 0.717) is 6.42 Å². The van der Waals surface area contributed by atoms with Crippen LogP contribution in [0.3, 0.4) is 0 Å². The van der Waals surface area contributed by atoms with Gasteiger partial charge in [-0.05, 0) is 59.6 Å². The number of rotatable bonds is 17. The van der Waals surface area contributed by atoms with Gasteiger partial charge in [-0.2, -0.15) is 5.26 Å². The van der Waals surface area contributed by atoms with Gasteiger partial charge in [0.25, 0.3) is 0 Å². The quantitative estimate of drug-likeness (QED) is 0.180. The summed E-state index contributed by atoms with van der Waals surface area (Å²) in [6.45, 7) is 4.50. The van der Waals surface area contributed by atoms with E-state index in [1.54, 1.807) is 0 Å². The zero-order valence-electron chi connectivity index (χ0n) is 21.0. The molecule has 0 aliphatic heterocycles. The Morgan fingerprint density at radius 1 is 0.727 bits per heavy atom. The van der Waals surface area contributed by atoms with Gasteiger partial charge in [-0.15, -0.1) is 0 Å². The average Bonchev–Trinajstić information content (AvgIpc) is 2.84. The highest BCUT2D eigenvalue weighted by molar-refractivity contribution is 5.81. The third-order valence-corrected chi connectivity index (χ3v) is 6.64. The van der Waals surface area contributed by atoms with Crippen LogP contribution in [0, 0.1) is 11.3 Å². The molecule has 0 heterocycles. The van der Waals surface area contributed by atoms with E-state index < -0.39 is 0 Å². The molecule has 2 aromatic carbocycles. The molecule has 0 bridgehead atoms. The Morgan fingerprint density at radius 2 is 1.27 bits per heavy atom. The van der Waals surface area contributed by atoms with E-state index in [2.05, 4.69) is 56.3 Å². The third kappa shape index (κ3) is 9.55. The van der Waals surface area contributed by atoms with Crippen molar-refractivity contribution in [2.45, 2.75) is 110 Å². The van der Waals surface area contributed by atoms with Gasteiger partial charge in [-0.25, -0.2) is 0 Å². The first-order valence-corrected chi connectivity index (χ1v) is 13.3. The number of carbonyl (C=O) groups excluding carboxylic acids is 1. The number of aldehydes is 1. The van der Waals surface area contributed by atoms with E-state index in [1.165, 1.54) is 86.5 Å². The molecule has 0 fully saturated rings. The number of nitrogens with zero attached hydrogens (tertiary/aromatic N) is 1. The Hall–Kier alpha value is -2.40. The molecule has 2 heteroatoms. The second kappa shape index (κ2) is 16.2. The van der Waals surface area contributed by atoms with Crippen molar-refractivity contribution < 1.29 is 4.79 Å². The molecule has 2 nitrogen and oxygen atoms in total. The number of hydrogen-bond donors (Lipinski definition) is 0. The van der Waals surface area contributed by atoms with Crippen molar-refractivity contribution >= 4 is 6.29 Å². The summed E-state index contributed by atoms with van der Waals surface area (Å²) in [7, 11) is 0. The van der Waals surface area contributed by atoms with Crippen LogP contribution in [0.2, 0.25) is 0 Å². The standard InChI is InChI=1S/C31H43NO/c1-3-5-7-9-11-13-15-28-24-31(27-19-17-26(18-20-27)21-22-32)29(23-30(28)25-33)16-14-12-10-8-6-4-2/h17-20,23-25H,3-16,21H2,1-2H3. The molecule has 0 spiro atoms. The molecule has 0 radical (unpaired) electrons. The van der Waals surface area contributed by atoms with Crippen molar-refractivity contribution in [2.24, 2.45) is 0 Å². The first kappa shape index (κ1) is 26.8. The smallest absolute Gasteiger partial charge is 0.150 e. The van der Waals surface area contributed by atoms with Gasteiger partial charge in [-0.1, -0.05) is 108 Å². The van der Waals surface area contributed by atoms with E-state index in [0.717, 1.165) is 43.1 Å². The fraction of sp³-hybridized carbons (Fsp3) is 0.548. The molecule has 0 atom stereocenters. The lowest BCUT2D eigenvalue weighted by Crippen LogP contribution is -2.00. The minimum atomic E-state index is 0.443. The third-order valence-electron chi connectivity index (χ3n) is 6.64. The SMILES string of the molecule is CCCCCCCCc1cc(-c2ccc(CC#N)cc2)c(CCCCCCCC)cc1C=O. The van der Waals surface area contributed by atoms with E-state index >= 15 is 0 Å². The molecule has 178 valence electrons. The largest absolute Gasteiger partial charge is 0.298 e. The van der Waals surface area contributed by atoms with Crippen LogP contribution in [-0.4, -0.2) is 6.29 Å². The average molecular weight is 446 g/mol. The van der Waals surface area contributed by atoms with Crippen LogP contribution in [0.4, 0.5) is 0 Å². The van der Waals surface area contributed by atoms with Gasteiger partial charge in [0.15, 0.2) is 0 Å². The van der Waals surface area contributed by atoms with Gasteiger partial charge in [0.05, 0.1) is 12.5 Å². The van der Waals surface area contributed by atoms with Crippen molar-refractivity contribution in [2.75, 3.05) is 0 Å². The molecule has 0 N–H and O–H groups in total. The first-order valence-electron chi connectivity index (χ1n) is 13.3. The molecule has 2 aromatic rings. The van der Waals surface area contributed by atoms with Crippen LogP contribution < -0.4 is 0 Å². The van der Waals surface area contributed by atoms with Crippen molar-refractivity contribution in [3.63, 3.8) is 0 Å². The molecule has 0 amide bonds. The topological polar surface area (TPSA) is 40.9 Å². The highest BCUT2D eigenvalue weighted by atomic mass is 16.1. The Bertz CT molecular complexity index is 860. The Labute approximate surface area is 202 Å². The monoisotopic (exact) mass is 445 g/mol. The Balaban J connectivity index is 2.19. The molecule has 0 aliphatic rings. The zero-order valence-corrected chi connectivity index (χ0v) is 21.0. The van der Waals surface area contributed by atoms with Gasteiger partial charge in [-0.3, -0.25) is 4.79 Å². The Morgan fingerprint density at radius 3 is 1.82 bits per heavy atom. The van der Waals surface area contributed by atoms with E-state index in [9.17, 15) is 4.79 Å². The van der Waals surface area contributed by atoms with Gasteiger partial charge in [0.2, 0.25) is 0 Å². The number of carbonyl (C=O) groups is 1. The van der Waals surface area contributed by atoms with Crippen molar-refractivity contribution in [3.8, 4) is 17.2 Å². The normalized spacial score (nSPS) is 10.8. The highest BCUT2D eigenvalue weighted by Crippen LogP contribution is 2.30. The van der Waals surface area contributed by atoms with Gasteiger partial charge >= 0.3 is 0 Å². The van der Waals surface area contributed by atoms with Crippen molar-refractivity contribution in [1.29, 1.82) is 5.26 Å².